The van der Waals surface area contributed by atoms with E-state index >= 15 is 0 Å². The van der Waals surface area contributed by atoms with Crippen LogP contribution in [0.15, 0.2) is 15.5 Å². The number of anilines is 1. The van der Waals surface area contributed by atoms with Crippen LogP contribution in [0.3, 0.4) is 0 Å². The minimum Gasteiger partial charge on any atom is -0.378 e. The first-order valence-corrected chi connectivity index (χ1v) is 7.74. The normalized spacial score (nSPS) is 11.9. The molecule has 6 heteroatoms. The third kappa shape index (κ3) is 4.90. The monoisotopic (exact) mass is 344 g/mol. The van der Waals surface area contributed by atoms with Crippen molar-refractivity contribution in [2.75, 3.05) is 26.0 Å². The lowest BCUT2D eigenvalue weighted by atomic mass is 9.99. The number of hydrogen-bond donors (Lipinski definition) is 1. The summed E-state index contributed by atoms with van der Waals surface area (Å²) >= 11 is 3.39. The van der Waals surface area contributed by atoms with Crippen LogP contribution in [-0.2, 0) is 6.54 Å². The number of likely N-dealkylation sites (N-methyl/N-ethyl adjacent to an activating group) is 1. The van der Waals surface area contributed by atoms with Crippen LogP contribution >= 0.6 is 15.9 Å². The third-order valence-electron chi connectivity index (χ3n) is 3.09. The van der Waals surface area contributed by atoms with E-state index in [1.54, 1.807) is 6.20 Å². The van der Waals surface area contributed by atoms with E-state index in [4.69, 9.17) is 0 Å². The molecule has 20 heavy (non-hydrogen) atoms. The molecule has 0 aliphatic heterocycles. The third-order valence-corrected chi connectivity index (χ3v) is 3.86. The van der Waals surface area contributed by atoms with Crippen LogP contribution in [0.25, 0.3) is 0 Å². The molecule has 1 N–H and O–H groups in total. The van der Waals surface area contributed by atoms with Gasteiger partial charge in [-0.15, -0.1) is 0 Å². The fourth-order valence-electron chi connectivity index (χ4n) is 2.06. The predicted molar refractivity (Wildman–Crippen MR) is 87.4 cm³/mol. The van der Waals surface area contributed by atoms with Gasteiger partial charge in [0.25, 0.3) is 5.56 Å². The van der Waals surface area contributed by atoms with Crippen molar-refractivity contribution in [3.63, 3.8) is 0 Å². The molecule has 1 aromatic heterocycles. The number of hydrogen-bond acceptors (Lipinski definition) is 4. The molecule has 0 amide bonds. The Labute approximate surface area is 129 Å². The number of rotatable bonds is 7. The highest BCUT2D eigenvalue weighted by molar-refractivity contribution is 9.10. The Bertz CT molecular complexity index is 496. The SMILES string of the molecule is CCCC(C)(C)Nc1cnn(CCN(C)C)c(=O)c1Br. The molecule has 1 heterocycles. The highest BCUT2D eigenvalue weighted by Crippen LogP contribution is 2.23. The molecule has 0 unspecified atom stereocenters. The van der Waals surface area contributed by atoms with Gasteiger partial charge in [0.1, 0.15) is 4.47 Å². The summed E-state index contributed by atoms with van der Waals surface area (Å²) in [4.78, 5) is 14.3. The molecular weight excluding hydrogens is 320 g/mol. The van der Waals surface area contributed by atoms with Crippen molar-refractivity contribution in [3.8, 4) is 0 Å². The average molecular weight is 345 g/mol. The molecule has 0 radical (unpaired) electrons. The Morgan fingerprint density at radius 2 is 2.10 bits per heavy atom. The maximum Gasteiger partial charge on any atom is 0.283 e. The largest absolute Gasteiger partial charge is 0.378 e. The van der Waals surface area contributed by atoms with Gasteiger partial charge in [0.2, 0.25) is 0 Å². The highest BCUT2D eigenvalue weighted by atomic mass is 79.9. The minimum absolute atomic E-state index is 0.0544. The lowest BCUT2D eigenvalue weighted by molar-refractivity contribution is 0.367. The zero-order valence-electron chi connectivity index (χ0n) is 13.0. The summed E-state index contributed by atoms with van der Waals surface area (Å²) in [5.41, 5.74) is 0.611. The topological polar surface area (TPSA) is 50.2 Å². The van der Waals surface area contributed by atoms with E-state index in [-0.39, 0.29) is 11.1 Å². The van der Waals surface area contributed by atoms with E-state index in [0.29, 0.717) is 11.0 Å². The van der Waals surface area contributed by atoms with Crippen molar-refractivity contribution in [2.45, 2.75) is 45.7 Å². The lowest BCUT2D eigenvalue weighted by Gasteiger charge is -2.27. The Balaban J connectivity index is 2.92. The van der Waals surface area contributed by atoms with Gasteiger partial charge in [-0.1, -0.05) is 13.3 Å². The van der Waals surface area contributed by atoms with Gasteiger partial charge < -0.3 is 10.2 Å². The summed E-state index contributed by atoms with van der Waals surface area (Å²) in [6.45, 7) is 7.77. The van der Waals surface area contributed by atoms with Crippen LogP contribution in [0.2, 0.25) is 0 Å². The molecular formula is C14H25BrN4O. The van der Waals surface area contributed by atoms with Crippen molar-refractivity contribution in [3.05, 3.63) is 21.0 Å². The molecule has 0 fully saturated rings. The Kier molecular flexibility index (Phi) is 6.20. The second-order valence-corrected chi connectivity index (χ2v) is 6.76. The van der Waals surface area contributed by atoms with Crippen LogP contribution in [-0.4, -0.2) is 40.9 Å². The second kappa shape index (κ2) is 7.22. The summed E-state index contributed by atoms with van der Waals surface area (Å²) in [6, 6.07) is 0. The minimum atomic E-state index is -0.0934. The molecule has 0 bridgehead atoms. The van der Waals surface area contributed by atoms with E-state index < -0.39 is 0 Å². The van der Waals surface area contributed by atoms with Crippen molar-refractivity contribution in [1.29, 1.82) is 0 Å². The van der Waals surface area contributed by atoms with E-state index in [2.05, 4.69) is 47.1 Å². The highest BCUT2D eigenvalue weighted by Gasteiger charge is 2.19. The number of nitrogens with one attached hydrogen (secondary N) is 1. The molecule has 114 valence electrons. The van der Waals surface area contributed by atoms with Crippen LogP contribution in [0.4, 0.5) is 5.69 Å². The van der Waals surface area contributed by atoms with E-state index in [9.17, 15) is 4.79 Å². The molecule has 5 nitrogen and oxygen atoms in total. The number of halogens is 1. The molecule has 0 aliphatic rings. The summed E-state index contributed by atoms with van der Waals surface area (Å²) in [5.74, 6) is 0. The molecule has 0 atom stereocenters. The van der Waals surface area contributed by atoms with Crippen molar-refractivity contribution >= 4 is 21.6 Å². The van der Waals surface area contributed by atoms with Gasteiger partial charge in [-0.2, -0.15) is 5.10 Å². The Morgan fingerprint density at radius 1 is 1.45 bits per heavy atom. The maximum absolute atomic E-state index is 12.2. The molecule has 1 rings (SSSR count). The smallest absolute Gasteiger partial charge is 0.283 e. The number of nitrogens with zero attached hydrogens (tertiary/aromatic N) is 3. The lowest BCUT2D eigenvalue weighted by Crippen LogP contribution is -2.34. The van der Waals surface area contributed by atoms with Crippen LogP contribution in [0.5, 0.6) is 0 Å². The molecule has 0 aliphatic carbocycles. The van der Waals surface area contributed by atoms with Gasteiger partial charge in [0, 0.05) is 12.1 Å². The van der Waals surface area contributed by atoms with Crippen molar-refractivity contribution < 1.29 is 0 Å². The summed E-state index contributed by atoms with van der Waals surface area (Å²) < 4.78 is 2.04. The quantitative estimate of drug-likeness (QED) is 0.825. The van der Waals surface area contributed by atoms with Gasteiger partial charge in [-0.3, -0.25) is 4.79 Å². The van der Waals surface area contributed by atoms with E-state index in [0.717, 1.165) is 25.1 Å². The fraction of sp³-hybridized carbons (Fsp3) is 0.714. The van der Waals surface area contributed by atoms with Crippen molar-refractivity contribution in [2.24, 2.45) is 0 Å². The van der Waals surface area contributed by atoms with Gasteiger partial charge >= 0.3 is 0 Å². The summed E-state index contributed by atoms with van der Waals surface area (Å²) in [6.07, 6.45) is 3.84. The molecule has 0 spiro atoms. The zero-order chi connectivity index (χ0) is 15.3. The second-order valence-electron chi connectivity index (χ2n) is 5.96. The van der Waals surface area contributed by atoms with Crippen LogP contribution in [0.1, 0.15) is 33.6 Å². The molecule has 0 aromatic carbocycles. The first kappa shape index (κ1) is 17.2. The van der Waals surface area contributed by atoms with Crippen molar-refractivity contribution in [1.82, 2.24) is 14.7 Å². The van der Waals surface area contributed by atoms with E-state index in [1.807, 2.05) is 19.0 Å². The number of aromatic nitrogens is 2. The van der Waals surface area contributed by atoms with E-state index in [1.165, 1.54) is 4.68 Å². The average Bonchev–Trinajstić information content (AvgIpc) is 2.33. The summed E-state index contributed by atoms with van der Waals surface area (Å²) in [5, 5.41) is 7.63. The summed E-state index contributed by atoms with van der Waals surface area (Å²) in [7, 11) is 3.95. The van der Waals surface area contributed by atoms with Gasteiger partial charge in [0.05, 0.1) is 18.4 Å². The molecule has 1 aromatic rings. The Hall–Kier alpha value is -0.880. The Morgan fingerprint density at radius 3 is 2.65 bits per heavy atom. The predicted octanol–water partition coefficient (Wildman–Crippen LogP) is 2.56. The van der Waals surface area contributed by atoms with Crippen LogP contribution in [0, 0.1) is 0 Å². The first-order valence-electron chi connectivity index (χ1n) is 6.95. The zero-order valence-corrected chi connectivity index (χ0v) is 14.6. The van der Waals surface area contributed by atoms with Gasteiger partial charge in [-0.25, -0.2) is 4.68 Å². The first-order chi connectivity index (χ1) is 9.26. The van der Waals surface area contributed by atoms with Gasteiger partial charge in [0.15, 0.2) is 0 Å². The molecule has 0 saturated heterocycles. The fourth-order valence-corrected chi connectivity index (χ4v) is 2.46. The van der Waals surface area contributed by atoms with Crippen LogP contribution < -0.4 is 10.9 Å². The molecule has 0 saturated carbocycles. The maximum atomic E-state index is 12.2. The van der Waals surface area contributed by atoms with Gasteiger partial charge in [-0.05, 0) is 50.3 Å². The standard InChI is InChI=1S/C14H25BrN4O/c1-6-7-14(2,3)17-11-10-16-19(9-8-18(4)5)13(20)12(11)15/h10,17H,6-9H2,1-5H3.